The molecule has 0 spiro atoms. The van der Waals surface area contributed by atoms with Gasteiger partial charge in [-0.15, -0.1) is 0 Å². The fourth-order valence-electron chi connectivity index (χ4n) is 2.01. The molecule has 0 saturated heterocycles. The second-order valence-corrected chi connectivity index (χ2v) is 5.64. The lowest BCUT2D eigenvalue weighted by Gasteiger charge is -2.10. The molecule has 0 radical (unpaired) electrons. The van der Waals surface area contributed by atoms with Crippen molar-refractivity contribution in [2.45, 2.75) is 46.3 Å². The van der Waals surface area contributed by atoms with Crippen LogP contribution in [0.5, 0.6) is 0 Å². The van der Waals surface area contributed by atoms with Gasteiger partial charge in [-0.1, -0.05) is 28.9 Å². The monoisotopic (exact) mass is 289 g/mol. The predicted octanol–water partition coefficient (Wildman–Crippen LogP) is 2.70. The van der Waals surface area contributed by atoms with Gasteiger partial charge in [0.2, 0.25) is 5.89 Å². The Morgan fingerprint density at radius 2 is 2.05 bits per heavy atom. The zero-order valence-electron chi connectivity index (χ0n) is 13.1. The zero-order valence-corrected chi connectivity index (χ0v) is 13.1. The lowest BCUT2D eigenvalue weighted by molar-refractivity contribution is 0.0665. The summed E-state index contributed by atoms with van der Waals surface area (Å²) in [5.74, 6) is 1.08. The van der Waals surface area contributed by atoms with Gasteiger partial charge in [0.25, 0.3) is 0 Å². The number of hydrogen-bond donors (Lipinski definition) is 1. The van der Waals surface area contributed by atoms with Crippen LogP contribution in [0.4, 0.5) is 0 Å². The van der Waals surface area contributed by atoms with E-state index in [4.69, 9.17) is 15.0 Å². The molecule has 5 heteroatoms. The quantitative estimate of drug-likeness (QED) is 0.885. The van der Waals surface area contributed by atoms with Gasteiger partial charge < -0.3 is 15.0 Å². The molecule has 1 unspecified atom stereocenters. The van der Waals surface area contributed by atoms with Crippen LogP contribution in [-0.2, 0) is 11.2 Å². The summed E-state index contributed by atoms with van der Waals surface area (Å²) in [6.07, 6.45) is 0.760. The van der Waals surface area contributed by atoms with E-state index < -0.39 is 0 Å². The van der Waals surface area contributed by atoms with Gasteiger partial charge in [0.05, 0.1) is 25.2 Å². The van der Waals surface area contributed by atoms with Crippen LogP contribution in [0.2, 0.25) is 0 Å². The van der Waals surface area contributed by atoms with Crippen LogP contribution in [0.15, 0.2) is 22.7 Å². The summed E-state index contributed by atoms with van der Waals surface area (Å²) in [5, 5.41) is 3.95. The molecule has 1 atom stereocenters. The van der Waals surface area contributed by atoms with Crippen LogP contribution < -0.4 is 5.73 Å². The number of nitrogens with zero attached hydrogens (tertiary/aromatic N) is 2. The second kappa shape index (κ2) is 6.83. The van der Waals surface area contributed by atoms with E-state index in [2.05, 4.69) is 42.2 Å². The molecule has 2 N–H and O–H groups in total. The Bertz CT molecular complexity index is 593. The molecule has 0 aliphatic heterocycles. The molecule has 0 bridgehead atoms. The minimum Gasteiger partial charge on any atom is -0.377 e. The minimum atomic E-state index is -0.358. The highest BCUT2D eigenvalue weighted by atomic mass is 16.5. The molecule has 0 aliphatic rings. The lowest BCUT2D eigenvalue weighted by Crippen LogP contribution is -2.20. The van der Waals surface area contributed by atoms with Gasteiger partial charge in [-0.3, -0.25) is 0 Å². The number of aromatic nitrogens is 2. The number of rotatable bonds is 6. The van der Waals surface area contributed by atoms with Crippen molar-refractivity contribution in [3.05, 3.63) is 46.6 Å². The highest BCUT2D eigenvalue weighted by molar-refractivity contribution is 5.32. The van der Waals surface area contributed by atoms with Crippen LogP contribution >= 0.6 is 0 Å². The Balaban J connectivity index is 2.04. The van der Waals surface area contributed by atoms with E-state index in [9.17, 15) is 0 Å². The van der Waals surface area contributed by atoms with Crippen LogP contribution in [-0.4, -0.2) is 22.9 Å². The normalized spacial score (nSPS) is 12.9. The van der Waals surface area contributed by atoms with E-state index >= 15 is 0 Å². The van der Waals surface area contributed by atoms with Crippen LogP contribution in [0.25, 0.3) is 0 Å². The van der Waals surface area contributed by atoms with E-state index in [1.165, 1.54) is 16.7 Å². The standard InChI is InChI=1S/C16H23N3O2/c1-10(2)20-9-14(17)16-18-15(21-19-16)8-13-7-11(3)5-6-12(13)4/h5-7,10,14H,8-9,17H2,1-4H3. The molecular formula is C16H23N3O2. The van der Waals surface area contributed by atoms with E-state index in [0.29, 0.717) is 24.7 Å². The van der Waals surface area contributed by atoms with Crippen molar-refractivity contribution in [1.29, 1.82) is 0 Å². The third-order valence-electron chi connectivity index (χ3n) is 3.27. The molecule has 1 aromatic heterocycles. The summed E-state index contributed by atoms with van der Waals surface area (Å²) < 4.78 is 10.8. The molecule has 114 valence electrons. The fourth-order valence-corrected chi connectivity index (χ4v) is 2.01. The molecule has 5 nitrogen and oxygen atoms in total. The van der Waals surface area contributed by atoms with Crippen LogP contribution in [0.3, 0.4) is 0 Å². The average Bonchev–Trinajstić information content (AvgIpc) is 2.89. The molecule has 2 rings (SSSR count). The lowest BCUT2D eigenvalue weighted by atomic mass is 10.0. The second-order valence-electron chi connectivity index (χ2n) is 5.64. The highest BCUT2D eigenvalue weighted by Gasteiger charge is 2.15. The number of benzene rings is 1. The molecule has 0 fully saturated rings. The molecule has 2 aromatic rings. The van der Waals surface area contributed by atoms with E-state index in [1.54, 1.807) is 0 Å². The van der Waals surface area contributed by atoms with Gasteiger partial charge >= 0.3 is 0 Å². The molecule has 0 aliphatic carbocycles. The van der Waals surface area contributed by atoms with E-state index in [1.807, 2.05) is 13.8 Å². The van der Waals surface area contributed by atoms with Gasteiger partial charge in [-0.05, 0) is 38.8 Å². The molecule has 0 amide bonds. The van der Waals surface area contributed by atoms with Crippen molar-refractivity contribution in [2.24, 2.45) is 5.73 Å². The van der Waals surface area contributed by atoms with Gasteiger partial charge in [0, 0.05) is 0 Å². The maximum atomic E-state index is 5.99. The van der Waals surface area contributed by atoms with Crippen molar-refractivity contribution < 1.29 is 9.26 Å². The molecule has 0 saturated carbocycles. The fraction of sp³-hybridized carbons (Fsp3) is 0.500. The summed E-state index contributed by atoms with van der Waals surface area (Å²) in [6, 6.07) is 5.98. The molecule has 21 heavy (non-hydrogen) atoms. The van der Waals surface area contributed by atoms with Gasteiger partial charge in [-0.2, -0.15) is 4.98 Å². The number of hydrogen-bond acceptors (Lipinski definition) is 5. The summed E-state index contributed by atoms with van der Waals surface area (Å²) in [7, 11) is 0. The summed E-state index contributed by atoms with van der Waals surface area (Å²) in [5.41, 5.74) is 9.62. The first kappa shape index (κ1) is 15.7. The molecule has 1 aromatic carbocycles. The smallest absolute Gasteiger partial charge is 0.231 e. The number of aryl methyl sites for hydroxylation is 2. The van der Waals surface area contributed by atoms with Crippen molar-refractivity contribution in [3.8, 4) is 0 Å². The first-order valence-corrected chi connectivity index (χ1v) is 7.21. The van der Waals surface area contributed by atoms with Crippen molar-refractivity contribution in [3.63, 3.8) is 0 Å². The maximum Gasteiger partial charge on any atom is 0.231 e. The minimum absolute atomic E-state index is 0.136. The zero-order chi connectivity index (χ0) is 15.4. The van der Waals surface area contributed by atoms with Gasteiger partial charge in [0.1, 0.15) is 0 Å². The van der Waals surface area contributed by atoms with Crippen molar-refractivity contribution in [1.82, 2.24) is 10.1 Å². The highest BCUT2D eigenvalue weighted by Crippen LogP contribution is 2.16. The number of ether oxygens (including phenoxy) is 1. The van der Waals surface area contributed by atoms with E-state index in [-0.39, 0.29) is 12.1 Å². The third-order valence-corrected chi connectivity index (χ3v) is 3.27. The van der Waals surface area contributed by atoms with Crippen molar-refractivity contribution in [2.75, 3.05) is 6.61 Å². The predicted molar refractivity (Wildman–Crippen MR) is 81.0 cm³/mol. The first-order chi connectivity index (χ1) is 9.95. The SMILES string of the molecule is Cc1ccc(C)c(Cc2nc(C(N)COC(C)C)no2)c1. The van der Waals surface area contributed by atoms with Gasteiger partial charge in [0.15, 0.2) is 5.82 Å². The van der Waals surface area contributed by atoms with Gasteiger partial charge in [-0.25, -0.2) is 0 Å². The van der Waals surface area contributed by atoms with Crippen LogP contribution in [0.1, 0.15) is 48.3 Å². The summed E-state index contributed by atoms with van der Waals surface area (Å²) >= 11 is 0. The summed E-state index contributed by atoms with van der Waals surface area (Å²) in [4.78, 5) is 4.37. The molecular weight excluding hydrogens is 266 g/mol. The molecule has 1 heterocycles. The maximum absolute atomic E-state index is 5.99. The third kappa shape index (κ3) is 4.37. The Morgan fingerprint density at radius 3 is 2.76 bits per heavy atom. The van der Waals surface area contributed by atoms with Crippen LogP contribution in [0, 0.1) is 13.8 Å². The Morgan fingerprint density at radius 1 is 1.29 bits per heavy atom. The first-order valence-electron chi connectivity index (χ1n) is 7.21. The topological polar surface area (TPSA) is 74.2 Å². The summed E-state index contributed by atoms with van der Waals surface area (Å²) in [6.45, 7) is 8.47. The Kier molecular flexibility index (Phi) is 5.09. The van der Waals surface area contributed by atoms with E-state index in [0.717, 1.165) is 0 Å². The largest absolute Gasteiger partial charge is 0.377 e. The Hall–Kier alpha value is -1.72. The van der Waals surface area contributed by atoms with Crippen molar-refractivity contribution >= 4 is 0 Å². The Labute approximate surface area is 125 Å². The average molecular weight is 289 g/mol. The number of nitrogens with two attached hydrogens (primary N) is 1.